The summed E-state index contributed by atoms with van der Waals surface area (Å²) in [5.41, 5.74) is 0.666. The van der Waals surface area contributed by atoms with Crippen LogP contribution in [0.25, 0.3) is 0 Å². The maximum Gasteiger partial charge on any atom is 1.00 e. The predicted molar refractivity (Wildman–Crippen MR) is 73.7 cm³/mol. The third-order valence-corrected chi connectivity index (χ3v) is 3.30. The maximum atomic E-state index is 5.88. The maximum absolute atomic E-state index is 5.88. The molecule has 1 aliphatic heterocycles. The number of ether oxygens (including phenoxy) is 3. The van der Waals surface area contributed by atoms with E-state index in [0.717, 1.165) is 12.8 Å². The van der Waals surface area contributed by atoms with Gasteiger partial charge in [0, 0.05) is 12.9 Å². The Morgan fingerprint density at radius 3 is 2.86 bits per heavy atom. The van der Waals surface area contributed by atoms with Gasteiger partial charge in [0.25, 0.3) is 0 Å². The average molecular weight is 284 g/mol. The molecule has 21 heavy (non-hydrogen) atoms. The topological polar surface area (TPSA) is 45.5 Å². The molecule has 0 saturated carbocycles. The van der Waals surface area contributed by atoms with Gasteiger partial charge in [-0.15, -0.1) is 12.1 Å². The molecule has 1 fully saturated rings. The van der Waals surface area contributed by atoms with Gasteiger partial charge >= 0.3 is 18.9 Å². The van der Waals surface area contributed by atoms with Crippen molar-refractivity contribution in [2.45, 2.75) is 52.2 Å². The summed E-state index contributed by atoms with van der Waals surface area (Å²) >= 11 is 0. The Balaban J connectivity index is 0.00000220. The monoisotopic (exact) mass is 284 g/mol. The van der Waals surface area contributed by atoms with Crippen molar-refractivity contribution in [2.75, 3.05) is 13.2 Å². The minimum atomic E-state index is -0.459. The van der Waals surface area contributed by atoms with Gasteiger partial charge in [-0.1, -0.05) is 19.8 Å². The first kappa shape index (κ1) is 18.3. The minimum absolute atomic E-state index is 0. The first-order chi connectivity index (χ1) is 9.71. The minimum Gasteiger partial charge on any atom is -0.432 e. The van der Waals surface area contributed by atoms with Gasteiger partial charge in [0.05, 0.1) is 6.61 Å². The normalized spacial score (nSPS) is 19.7. The zero-order valence-corrected chi connectivity index (χ0v) is 13.3. The third-order valence-electron chi connectivity index (χ3n) is 3.30. The van der Waals surface area contributed by atoms with E-state index in [2.05, 4.69) is 37.0 Å². The number of aromatic nitrogens is 2. The Labute approximate surface area is 138 Å². The Morgan fingerprint density at radius 1 is 1.48 bits per heavy atom. The smallest absolute Gasteiger partial charge is 0.432 e. The van der Waals surface area contributed by atoms with Crippen LogP contribution in [0.1, 0.15) is 39.3 Å². The van der Waals surface area contributed by atoms with E-state index in [1.165, 1.54) is 0 Å². The van der Waals surface area contributed by atoms with Crippen molar-refractivity contribution in [1.82, 2.24) is 9.55 Å². The van der Waals surface area contributed by atoms with Crippen molar-refractivity contribution in [3.63, 3.8) is 0 Å². The summed E-state index contributed by atoms with van der Waals surface area (Å²) in [4.78, 5) is 4.09. The van der Waals surface area contributed by atoms with Gasteiger partial charge in [-0.3, -0.25) is 0 Å². The second kappa shape index (κ2) is 8.63. The van der Waals surface area contributed by atoms with Crippen LogP contribution in [0.5, 0.6) is 0 Å². The summed E-state index contributed by atoms with van der Waals surface area (Å²) in [5.74, 6) is 5.59. The van der Waals surface area contributed by atoms with Crippen molar-refractivity contribution < 1.29 is 33.1 Å². The van der Waals surface area contributed by atoms with E-state index in [4.69, 9.17) is 14.2 Å². The Kier molecular flexibility index (Phi) is 7.52. The van der Waals surface area contributed by atoms with E-state index in [1.54, 1.807) is 4.57 Å². The van der Waals surface area contributed by atoms with Gasteiger partial charge in [0.15, 0.2) is 5.79 Å². The van der Waals surface area contributed by atoms with Gasteiger partial charge < -0.3 is 23.8 Å². The Bertz CT molecular complexity index is 489. The first-order valence-corrected chi connectivity index (χ1v) is 7.07. The molecule has 0 aliphatic carbocycles. The van der Waals surface area contributed by atoms with Crippen LogP contribution >= 0.6 is 0 Å². The summed E-state index contributed by atoms with van der Waals surface area (Å²) < 4.78 is 18.6. The third kappa shape index (κ3) is 4.88. The molecular formula is C15H21LiN2O3. The van der Waals surface area contributed by atoms with E-state index in [1.807, 2.05) is 13.1 Å². The molecule has 1 aliphatic rings. The number of rotatable bonds is 5. The molecule has 0 aromatic carbocycles. The standard InChI is InChI=1S/C15H21N2O3.Li/c1-4-15(5-2)19-10-14(20-15)8-7-13-9-17(11-16-13)12-18-6-3;/h9,14H,4-6,10,12H2,1-3H3;/q-1;+1/t14-;/m1./s1. The number of nitrogens with zero attached hydrogens (tertiary/aromatic N) is 2. The van der Waals surface area contributed by atoms with Gasteiger partial charge in [-0.2, -0.15) is 0 Å². The molecule has 0 bridgehead atoms. The van der Waals surface area contributed by atoms with Crippen molar-refractivity contribution in [3.8, 4) is 11.8 Å². The molecule has 6 heteroatoms. The van der Waals surface area contributed by atoms with Crippen LogP contribution in [0.15, 0.2) is 6.20 Å². The molecule has 1 aromatic rings. The van der Waals surface area contributed by atoms with Crippen LogP contribution in [0.3, 0.4) is 0 Å². The van der Waals surface area contributed by atoms with Gasteiger partial charge in [-0.05, 0) is 25.5 Å². The molecule has 0 unspecified atom stereocenters. The molecule has 0 spiro atoms. The summed E-state index contributed by atoms with van der Waals surface area (Å²) in [7, 11) is 0. The number of hydrogen-bond acceptors (Lipinski definition) is 4. The van der Waals surface area contributed by atoms with Gasteiger partial charge in [0.2, 0.25) is 0 Å². The summed E-state index contributed by atoms with van der Waals surface area (Å²) in [6.45, 7) is 7.69. The van der Waals surface area contributed by atoms with Crippen LogP contribution in [-0.2, 0) is 20.9 Å². The quantitative estimate of drug-likeness (QED) is 0.394. The average Bonchev–Trinajstić information content (AvgIpc) is 3.10. The number of imidazole rings is 1. The van der Waals surface area contributed by atoms with Crippen LogP contribution in [0.4, 0.5) is 0 Å². The SMILES string of the molecule is CCOCn1[c-]nc(C#C[C@@H]2COC(CC)(CC)O2)c1.[Li+]. The van der Waals surface area contributed by atoms with Crippen molar-refractivity contribution >= 4 is 0 Å². The molecular weight excluding hydrogens is 263 g/mol. The first-order valence-electron chi connectivity index (χ1n) is 7.07. The summed E-state index contributed by atoms with van der Waals surface area (Å²) in [5, 5.41) is 0. The second-order valence-corrected chi connectivity index (χ2v) is 4.62. The fraction of sp³-hybridized carbons (Fsp3) is 0.667. The van der Waals surface area contributed by atoms with Gasteiger partial charge in [-0.25, -0.2) is 0 Å². The largest absolute Gasteiger partial charge is 1.00 e. The molecule has 0 N–H and O–H groups in total. The van der Waals surface area contributed by atoms with Gasteiger partial charge in [0.1, 0.15) is 12.8 Å². The van der Waals surface area contributed by atoms with Crippen LogP contribution in [0.2, 0.25) is 0 Å². The molecule has 2 rings (SSSR count). The second-order valence-electron chi connectivity index (χ2n) is 4.62. The molecule has 110 valence electrons. The molecule has 0 radical (unpaired) electrons. The van der Waals surface area contributed by atoms with Crippen LogP contribution in [0, 0.1) is 18.2 Å². The predicted octanol–water partition coefficient (Wildman–Crippen LogP) is -1.04. The van der Waals surface area contributed by atoms with E-state index in [9.17, 15) is 0 Å². The van der Waals surface area contributed by atoms with Crippen LogP contribution < -0.4 is 18.9 Å². The Hall–Kier alpha value is -0.753. The Morgan fingerprint density at radius 2 is 2.24 bits per heavy atom. The fourth-order valence-electron chi connectivity index (χ4n) is 2.04. The summed E-state index contributed by atoms with van der Waals surface area (Å²) in [6.07, 6.45) is 6.11. The van der Waals surface area contributed by atoms with E-state index in [0.29, 0.717) is 25.6 Å². The molecule has 1 aromatic heterocycles. The zero-order valence-electron chi connectivity index (χ0n) is 13.3. The van der Waals surface area contributed by atoms with Crippen molar-refractivity contribution in [2.24, 2.45) is 0 Å². The number of hydrogen-bond donors (Lipinski definition) is 0. The molecule has 5 nitrogen and oxygen atoms in total. The molecule has 2 heterocycles. The van der Waals surface area contributed by atoms with Crippen molar-refractivity contribution in [1.29, 1.82) is 0 Å². The van der Waals surface area contributed by atoms with Crippen LogP contribution in [-0.4, -0.2) is 34.7 Å². The van der Waals surface area contributed by atoms with Crippen molar-refractivity contribution in [3.05, 3.63) is 18.2 Å². The molecule has 1 saturated heterocycles. The molecule has 0 amide bonds. The van der Waals surface area contributed by atoms with E-state index >= 15 is 0 Å². The zero-order chi connectivity index (χ0) is 14.4. The van der Waals surface area contributed by atoms with E-state index in [-0.39, 0.29) is 25.0 Å². The fourth-order valence-corrected chi connectivity index (χ4v) is 2.04. The molecule has 1 atom stereocenters. The van der Waals surface area contributed by atoms with E-state index < -0.39 is 5.79 Å². The summed E-state index contributed by atoms with van der Waals surface area (Å²) in [6, 6.07) is 0.